The zero-order valence-corrected chi connectivity index (χ0v) is 19.0. The molecule has 3 rings (SSSR count). The van der Waals surface area contributed by atoms with E-state index in [0.717, 1.165) is 76.4 Å². The number of nitrogens with zero attached hydrogens (tertiary/aromatic N) is 1. The van der Waals surface area contributed by atoms with E-state index >= 15 is 0 Å². The second-order valence-corrected chi connectivity index (χ2v) is 9.45. The molecule has 0 aliphatic heterocycles. The Morgan fingerprint density at radius 2 is 1.61 bits per heavy atom. The Bertz CT molecular complexity index is 821. The average Bonchev–Trinajstić information content (AvgIpc) is 2.83. The minimum Gasteiger partial charge on any atom is -0.378 e. The molecule has 0 radical (unpaired) electrons. The van der Waals surface area contributed by atoms with Gasteiger partial charge in [-0.3, -0.25) is 0 Å². The highest BCUT2D eigenvalue weighted by Gasteiger charge is 2.31. The van der Waals surface area contributed by atoms with Crippen LogP contribution in [0.1, 0.15) is 81.3 Å². The molecule has 2 aliphatic carbocycles. The van der Waals surface area contributed by atoms with Gasteiger partial charge in [0.05, 0.1) is 11.7 Å². The number of hydrogen-bond acceptors (Lipinski definition) is 2. The Labute approximate surface area is 194 Å². The van der Waals surface area contributed by atoms with Crippen molar-refractivity contribution in [2.75, 3.05) is 6.61 Å². The Hall–Kier alpha value is -2.13. The van der Waals surface area contributed by atoms with Crippen LogP contribution >= 0.6 is 0 Å². The first-order valence-corrected chi connectivity index (χ1v) is 12.1. The first-order chi connectivity index (χ1) is 15.8. The summed E-state index contributed by atoms with van der Waals surface area (Å²) in [6.07, 6.45) is 11.4. The minimum atomic E-state index is -4.28. The van der Waals surface area contributed by atoms with Crippen LogP contribution in [0.5, 0.6) is 0 Å². The fraction of sp³-hybridized carbons (Fsp3) is 0.593. The molecule has 1 aromatic carbocycles. The highest BCUT2D eigenvalue weighted by molar-refractivity contribution is 5.27. The standard InChI is InChI=1S/C27H33F4NO/c28-25(18-32)5-3-1-2-4-20-8-16-26(17-9-20)33-19-21-6-10-22(11-7-21)23-12-14-24(15-13-23)27(29,30)31/h1,3,5,12-15,20-22,26H,2,4,6-11,16-17,19H2/t20-,21-,22-,26-. The van der Waals surface area contributed by atoms with Crippen LogP contribution in [0.15, 0.2) is 48.3 Å². The van der Waals surface area contributed by atoms with Gasteiger partial charge in [-0.2, -0.15) is 22.8 Å². The second-order valence-electron chi connectivity index (χ2n) is 9.45. The zero-order chi connectivity index (χ0) is 23.7. The number of alkyl halides is 3. The van der Waals surface area contributed by atoms with Crippen molar-refractivity contribution >= 4 is 0 Å². The summed E-state index contributed by atoms with van der Waals surface area (Å²) in [6.45, 7) is 0.786. The molecule has 2 fully saturated rings. The lowest BCUT2D eigenvalue weighted by atomic mass is 9.79. The predicted molar refractivity (Wildman–Crippen MR) is 121 cm³/mol. The fourth-order valence-corrected chi connectivity index (χ4v) is 5.08. The zero-order valence-electron chi connectivity index (χ0n) is 19.0. The van der Waals surface area contributed by atoms with Gasteiger partial charge >= 0.3 is 6.18 Å². The maximum Gasteiger partial charge on any atom is 0.416 e. The van der Waals surface area contributed by atoms with E-state index in [9.17, 15) is 17.6 Å². The molecule has 0 heterocycles. The van der Waals surface area contributed by atoms with E-state index in [0.29, 0.717) is 23.9 Å². The van der Waals surface area contributed by atoms with Gasteiger partial charge in [-0.05, 0) is 106 Å². The first-order valence-electron chi connectivity index (χ1n) is 12.1. The molecule has 2 aliphatic rings. The number of rotatable bonds is 8. The average molecular weight is 464 g/mol. The SMILES string of the molecule is N#CC(F)=CC=CCC[C@H]1CC[C@H](OC[C@H]2CC[C@H](c3ccc(C(F)(F)F)cc3)CC2)CC1. The maximum absolute atomic E-state index is 12.8. The summed E-state index contributed by atoms with van der Waals surface area (Å²) in [5.41, 5.74) is 0.435. The van der Waals surface area contributed by atoms with Crippen LogP contribution in [0.3, 0.4) is 0 Å². The van der Waals surface area contributed by atoms with Crippen molar-refractivity contribution in [2.45, 2.75) is 82.4 Å². The van der Waals surface area contributed by atoms with E-state index in [1.165, 1.54) is 24.3 Å². The summed E-state index contributed by atoms with van der Waals surface area (Å²) in [5, 5.41) is 8.37. The molecule has 0 bridgehead atoms. The van der Waals surface area contributed by atoms with Gasteiger partial charge in [0, 0.05) is 6.61 Å². The highest BCUT2D eigenvalue weighted by Crippen LogP contribution is 2.38. The molecule has 0 amide bonds. The molecule has 6 heteroatoms. The van der Waals surface area contributed by atoms with Crippen LogP contribution in [0.4, 0.5) is 17.6 Å². The Morgan fingerprint density at radius 1 is 0.970 bits per heavy atom. The molecule has 180 valence electrons. The molecule has 33 heavy (non-hydrogen) atoms. The van der Waals surface area contributed by atoms with Crippen molar-refractivity contribution in [3.05, 3.63) is 59.4 Å². The number of allylic oxidation sites excluding steroid dienone is 4. The van der Waals surface area contributed by atoms with Crippen LogP contribution < -0.4 is 0 Å². The molecule has 0 saturated heterocycles. The molecule has 2 nitrogen and oxygen atoms in total. The van der Waals surface area contributed by atoms with Crippen molar-refractivity contribution in [1.82, 2.24) is 0 Å². The van der Waals surface area contributed by atoms with Crippen LogP contribution in [0.25, 0.3) is 0 Å². The number of halogens is 4. The van der Waals surface area contributed by atoms with E-state index in [1.807, 2.05) is 6.08 Å². The normalized spacial score (nSPS) is 26.9. The van der Waals surface area contributed by atoms with Gasteiger partial charge in [0.15, 0.2) is 5.83 Å². The monoisotopic (exact) mass is 463 g/mol. The molecule has 0 N–H and O–H groups in total. The van der Waals surface area contributed by atoms with Gasteiger partial charge in [-0.15, -0.1) is 0 Å². The van der Waals surface area contributed by atoms with Gasteiger partial charge in [0.2, 0.25) is 0 Å². The van der Waals surface area contributed by atoms with Gasteiger partial charge in [-0.1, -0.05) is 24.3 Å². The third-order valence-electron chi connectivity index (χ3n) is 7.14. The number of hydrogen-bond donors (Lipinski definition) is 0. The lowest BCUT2D eigenvalue weighted by molar-refractivity contribution is -0.137. The summed E-state index contributed by atoms with van der Waals surface area (Å²) in [4.78, 5) is 0. The summed E-state index contributed by atoms with van der Waals surface area (Å²) in [5.74, 6) is 0.802. The van der Waals surface area contributed by atoms with Crippen molar-refractivity contribution < 1.29 is 22.3 Å². The maximum atomic E-state index is 12.8. The van der Waals surface area contributed by atoms with Crippen molar-refractivity contribution in [3.8, 4) is 6.07 Å². The van der Waals surface area contributed by atoms with E-state index in [-0.39, 0.29) is 0 Å². The van der Waals surface area contributed by atoms with Crippen molar-refractivity contribution in [3.63, 3.8) is 0 Å². The molecule has 0 atom stereocenters. The molecule has 0 aromatic heterocycles. The first kappa shape index (κ1) is 25.5. The highest BCUT2D eigenvalue weighted by atomic mass is 19.4. The topological polar surface area (TPSA) is 33.0 Å². The van der Waals surface area contributed by atoms with Gasteiger partial charge < -0.3 is 4.74 Å². The molecular weight excluding hydrogens is 430 g/mol. The van der Waals surface area contributed by atoms with E-state index in [2.05, 4.69) is 0 Å². The summed E-state index contributed by atoms with van der Waals surface area (Å²) in [7, 11) is 0. The summed E-state index contributed by atoms with van der Waals surface area (Å²) < 4.78 is 57.2. The molecule has 0 unspecified atom stereocenters. The molecular formula is C27H33F4NO. The van der Waals surface area contributed by atoms with Crippen molar-refractivity contribution in [1.29, 1.82) is 5.26 Å². The number of ether oxygens (including phenoxy) is 1. The van der Waals surface area contributed by atoms with E-state index < -0.39 is 17.6 Å². The molecule has 2 saturated carbocycles. The Morgan fingerprint density at radius 3 is 2.21 bits per heavy atom. The fourth-order valence-electron chi connectivity index (χ4n) is 5.08. The lowest BCUT2D eigenvalue weighted by Crippen LogP contribution is -2.25. The summed E-state index contributed by atoms with van der Waals surface area (Å²) >= 11 is 0. The minimum absolute atomic E-state index is 0.331. The lowest BCUT2D eigenvalue weighted by Gasteiger charge is -2.32. The van der Waals surface area contributed by atoms with Gasteiger partial charge in [-0.25, -0.2) is 0 Å². The summed E-state index contributed by atoms with van der Waals surface area (Å²) in [6, 6.07) is 7.13. The number of benzene rings is 1. The smallest absolute Gasteiger partial charge is 0.378 e. The largest absolute Gasteiger partial charge is 0.416 e. The van der Waals surface area contributed by atoms with E-state index in [1.54, 1.807) is 18.2 Å². The Kier molecular flexibility index (Phi) is 9.55. The van der Waals surface area contributed by atoms with Crippen molar-refractivity contribution in [2.24, 2.45) is 11.8 Å². The van der Waals surface area contributed by atoms with Crippen LogP contribution in [0.2, 0.25) is 0 Å². The van der Waals surface area contributed by atoms with Crippen LogP contribution in [-0.4, -0.2) is 12.7 Å². The predicted octanol–water partition coefficient (Wildman–Crippen LogP) is 8.27. The quantitative estimate of drug-likeness (QED) is 0.221. The third kappa shape index (κ3) is 8.30. The van der Waals surface area contributed by atoms with Crippen LogP contribution in [-0.2, 0) is 10.9 Å². The van der Waals surface area contributed by atoms with E-state index in [4.69, 9.17) is 10.00 Å². The number of nitriles is 1. The molecule has 1 aromatic rings. The van der Waals surface area contributed by atoms with Crippen LogP contribution in [0, 0.1) is 23.2 Å². The third-order valence-corrected chi connectivity index (χ3v) is 7.14. The van der Waals surface area contributed by atoms with Gasteiger partial charge in [0.25, 0.3) is 0 Å². The second kappa shape index (κ2) is 12.4. The van der Waals surface area contributed by atoms with Gasteiger partial charge in [0.1, 0.15) is 6.07 Å². The Balaban J connectivity index is 1.30. The molecule has 0 spiro atoms.